The van der Waals surface area contributed by atoms with E-state index < -0.39 is 0 Å². The summed E-state index contributed by atoms with van der Waals surface area (Å²) in [6, 6.07) is 4.49. The maximum atomic E-state index is 5.83. The Morgan fingerprint density at radius 1 is 1.56 bits per heavy atom. The van der Waals surface area contributed by atoms with Crippen LogP contribution in [0.3, 0.4) is 0 Å². The standard InChI is InChI=1S/C11H19BrN2OS/c1-3-15-7-6-14(2)9(8-13)10-4-5-11(12)16-10/h4-5,9H,3,6-8,13H2,1-2H3. The predicted molar refractivity (Wildman–Crippen MR) is 72.9 cm³/mol. The summed E-state index contributed by atoms with van der Waals surface area (Å²) in [4.78, 5) is 3.54. The van der Waals surface area contributed by atoms with Crippen molar-refractivity contribution in [1.29, 1.82) is 0 Å². The van der Waals surface area contributed by atoms with Crippen LogP contribution in [0, 0.1) is 0 Å². The average molecular weight is 307 g/mol. The molecule has 1 rings (SSSR count). The van der Waals surface area contributed by atoms with Crippen molar-refractivity contribution in [1.82, 2.24) is 4.90 Å². The summed E-state index contributed by atoms with van der Waals surface area (Å²) in [5.74, 6) is 0. The minimum atomic E-state index is 0.289. The molecule has 0 aliphatic carbocycles. The lowest BCUT2D eigenvalue weighted by Crippen LogP contribution is -2.32. The molecule has 0 spiro atoms. The monoisotopic (exact) mass is 306 g/mol. The molecule has 1 heterocycles. The first-order valence-electron chi connectivity index (χ1n) is 5.42. The molecule has 1 atom stereocenters. The number of hydrogen-bond acceptors (Lipinski definition) is 4. The zero-order valence-corrected chi connectivity index (χ0v) is 12.2. The van der Waals surface area contributed by atoms with Gasteiger partial charge in [0.05, 0.1) is 16.4 Å². The van der Waals surface area contributed by atoms with E-state index in [1.54, 1.807) is 11.3 Å². The van der Waals surface area contributed by atoms with E-state index in [2.05, 4.69) is 40.0 Å². The number of rotatable bonds is 7. The van der Waals surface area contributed by atoms with Crippen LogP contribution in [0.25, 0.3) is 0 Å². The maximum absolute atomic E-state index is 5.83. The highest BCUT2D eigenvalue weighted by Crippen LogP contribution is 2.29. The fraction of sp³-hybridized carbons (Fsp3) is 0.636. The van der Waals surface area contributed by atoms with E-state index in [0.29, 0.717) is 6.54 Å². The van der Waals surface area contributed by atoms with Gasteiger partial charge in [-0.2, -0.15) is 0 Å². The minimum absolute atomic E-state index is 0.289. The van der Waals surface area contributed by atoms with Gasteiger partial charge in [-0.3, -0.25) is 4.90 Å². The van der Waals surface area contributed by atoms with Gasteiger partial charge in [-0.05, 0) is 42.0 Å². The van der Waals surface area contributed by atoms with Gasteiger partial charge in [-0.15, -0.1) is 11.3 Å². The third-order valence-electron chi connectivity index (χ3n) is 2.47. The Bertz CT molecular complexity index is 306. The number of nitrogens with two attached hydrogens (primary N) is 1. The SMILES string of the molecule is CCOCCN(C)C(CN)c1ccc(Br)s1. The zero-order valence-electron chi connectivity index (χ0n) is 9.78. The smallest absolute Gasteiger partial charge is 0.0702 e. The summed E-state index contributed by atoms with van der Waals surface area (Å²) in [6.07, 6.45) is 0. The molecule has 92 valence electrons. The van der Waals surface area contributed by atoms with E-state index in [0.717, 1.165) is 23.5 Å². The molecular formula is C11H19BrN2OS. The summed E-state index contributed by atoms with van der Waals surface area (Å²) in [5, 5.41) is 0. The quantitative estimate of drug-likeness (QED) is 0.787. The largest absolute Gasteiger partial charge is 0.380 e. The van der Waals surface area contributed by atoms with Gasteiger partial charge in [0, 0.05) is 24.6 Å². The van der Waals surface area contributed by atoms with E-state index >= 15 is 0 Å². The molecule has 1 aromatic rings. The van der Waals surface area contributed by atoms with Crippen LogP contribution >= 0.6 is 27.3 Å². The van der Waals surface area contributed by atoms with Crippen molar-refractivity contribution in [3.05, 3.63) is 20.8 Å². The van der Waals surface area contributed by atoms with Crippen LogP contribution in [-0.4, -0.2) is 38.3 Å². The van der Waals surface area contributed by atoms with E-state index in [4.69, 9.17) is 10.5 Å². The number of thiophene rings is 1. The molecule has 0 fully saturated rings. The summed E-state index contributed by atoms with van der Waals surface area (Å²) in [6.45, 7) is 5.08. The number of halogens is 1. The Morgan fingerprint density at radius 3 is 2.81 bits per heavy atom. The van der Waals surface area contributed by atoms with Gasteiger partial charge in [-0.25, -0.2) is 0 Å². The molecule has 0 aliphatic heterocycles. The van der Waals surface area contributed by atoms with E-state index in [1.807, 2.05) is 6.92 Å². The van der Waals surface area contributed by atoms with Crippen molar-refractivity contribution in [2.45, 2.75) is 13.0 Å². The van der Waals surface area contributed by atoms with E-state index in [9.17, 15) is 0 Å². The van der Waals surface area contributed by atoms with Gasteiger partial charge in [-0.1, -0.05) is 0 Å². The van der Waals surface area contributed by atoms with Crippen molar-refractivity contribution in [2.75, 3.05) is 33.4 Å². The summed E-state index contributed by atoms with van der Waals surface area (Å²) < 4.78 is 6.50. The van der Waals surface area contributed by atoms with Gasteiger partial charge in [0.1, 0.15) is 0 Å². The fourth-order valence-electron chi connectivity index (χ4n) is 1.53. The summed E-state index contributed by atoms with van der Waals surface area (Å²) >= 11 is 5.22. The molecular weight excluding hydrogens is 288 g/mol. The highest BCUT2D eigenvalue weighted by atomic mass is 79.9. The van der Waals surface area contributed by atoms with Crippen LogP contribution in [0.2, 0.25) is 0 Å². The second kappa shape index (κ2) is 7.40. The van der Waals surface area contributed by atoms with Gasteiger partial charge in [0.2, 0.25) is 0 Å². The van der Waals surface area contributed by atoms with Crippen LogP contribution in [-0.2, 0) is 4.74 Å². The topological polar surface area (TPSA) is 38.5 Å². The molecule has 0 saturated heterocycles. The van der Waals surface area contributed by atoms with Gasteiger partial charge < -0.3 is 10.5 Å². The molecule has 0 amide bonds. The molecule has 0 radical (unpaired) electrons. The van der Waals surface area contributed by atoms with Crippen LogP contribution in [0.5, 0.6) is 0 Å². The van der Waals surface area contributed by atoms with Gasteiger partial charge >= 0.3 is 0 Å². The Kier molecular flexibility index (Phi) is 6.53. The molecule has 16 heavy (non-hydrogen) atoms. The molecule has 0 saturated carbocycles. The lowest BCUT2D eigenvalue weighted by molar-refractivity contribution is 0.109. The molecule has 5 heteroatoms. The van der Waals surface area contributed by atoms with Gasteiger partial charge in [0.15, 0.2) is 0 Å². The molecule has 1 unspecified atom stereocenters. The molecule has 0 aromatic carbocycles. The summed E-state index contributed by atoms with van der Waals surface area (Å²) in [7, 11) is 2.09. The Morgan fingerprint density at radius 2 is 2.31 bits per heavy atom. The molecule has 0 aliphatic rings. The lowest BCUT2D eigenvalue weighted by atomic mass is 10.2. The second-order valence-corrected chi connectivity index (χ2v) is 6.07. The fourth-order valence-corrected chi connectivity index (χ4v) is 3.13. The lowest BCUT2D eigenvalue weighted by Gasteiger charge is -2.25. The van der Waals surface area contributed by atoms with Crippen molar-refractivity contribution in [2.24, 2.45) is 5.73 Å². The first-order valence-corrected chi connectivity index (χ1v) is 7.03. The number of likely N-dealkylation sites (N-methyl/N-ethyl adjacent to an activating group) is 1. The minimum Gasteiger partial charge on any atom is -0.380 e. The van der Waals surface area contributed by atoms with Gasteiger partial charge in [0.25, 0.3) is 0 Å². The normalized spacial score (nSPS) is 13.3. The van der Waals surface area contributed by atoms with Crippen molar-refractivity contribution in [3.63, 3.8) is 0 Å². The third-order valence-corrected chi connectivity index (χ3v) is 4.20. The highest BCUT2D eigenvalue weighted by molar-refractivity contribution is 9.11. The van der Waals surface area contributed by atoms with Crippen LogP contribution in [0.4, 0.5) is 0 Å². The van der Waals surface area contributed by atoms with Crippen LogP contribution in [0.15, 0.2) is 15.9 Å². The highest BCUT2D eigenvalue weighted by Gasteiger charge is 2.16. The maximum Gasteiger partial charge on any atom is 0.0702 e. The van der Waals surface area contributed by atoms with E-state index in [1.165, 1.54) is 4.88 Å². The van der Waals surface area contributed by atoms with Crippen molar-refractivity contribution < 1.29 is 4.74 Å². The molecule has 2 N–H and O–H groups in total. The van der Waals surface area contributed by atoms with Crippen LogP contribution in [0.1, 0.15) is 17.8 Å². The predicted octanol–water partition coefficient (Wildman–Crippen LogP) is 2.48. The second-order valence-electron chi connectivity index (χ2n) is 3.57. The first kappa shape index (κ1) is 14.1. The average Bonchev–Trinajstić information content (AvgIpc) is 2.66. The number of hydrogen-bond donors (Lipinski definition) is 1. The molecule has 1 aromatic heterocycles. The molecule has 3 nitrogen and oxygen atoms in total. The Hall–Kier alpha value is 0.0600. The molecule has 0 bridgehead atoms. The zero-order chi connectivity index (χ0) is 12.0. The number of ether oxygens (including phenoxy) is 1. The Labute approximate surface area is 110 Å². The van der Waals surface area contributed by atoms with Crippen LogP contribution < -0.4 is 5.73 Å². The third kappa shape index (κ3) is 4.14. The van der Waals surface area contributed by atoms with Crippen molar-refractivity contribution in [3.8, 4) is 0 Å². The number of nitrogens with zero attached hydrogens (tertiary/aromatic N) is 1. The summed E-state index contributed by atoms with van der Waals surface area (Å²) in [5.41, 5.74) is 5.83. The van der Waals surface area contributed by atoms with Crippen molar-refractivity contribution >= 4 is 27.3 Å². The Balaban J connectivity index is 2.53. The van der Waals surface area contributed by atoms with E-state index in [-0.39, 0.29) is 6.04 Å². The first-order chi connectivity index (χ1) is 7.69.